The highest BCUT2D eigenvalue weighted by Gasteiger charge is 2.33. The van der Waals surface area contributed by atoms with E-state index in [1.54, 1.807) is 0 Å². The second-order valence-electron chi connectivity index (χ2n) is 7.93. The van der Waals surface area contributed by atoms with E-state index in [0.29, 0.717) is 19.4 Å². The number of sulfonamides is 1. The van der Waals surface area contributed by atoms with Crippen LogP contribution in [-0.4, -0.2) is 43.7 Å². The van der Waals surface area contributed by atoms with Gasteiger partial charge in [0.25, 0.3) is 0 Å². The number of amides is 2. The lowest BCUT2D eigenvalue weighted by Gasteiger charge is -2.34. The summed E-state index contributed by atoms with van der Waals surface area (Å²) in [7, 11) is -3.76. The third-order valence-corrected chi connectivity index (χ3v) is 7.50. The Hall–Kier alpha value is -2.78. The average molecular weight is 462 g/mol. The molecule has 1 saturated heterocycles. The van der Waals surface area contributed by atoms with Gasteiger partial charge in [0.2, 0.25) is 10.0 Å². The van der Waals surface area contributed by atoms with Crippen LogP contribution >= 0.6 is 0 Å². The van der Waals surface area contributed by atoms with Crippen LogP contribution in [0.15, 0.2) is 53.4 Å². The number of hydrogen-bond acceptors (Lipinski definition) is 4. The molecule has 2 N–H and O–H groups in total. The lowest BCUT2D eigenvalue weighted by Crippen LogP contribution is -2.46. The van der Waals surface area contributed by atoms with E-state index in [2.05, 4.69) is 10.6 Å². The third-order valence-electron chi connectivity index (χ3n) is 5.54. The molecule has 2 aromatic rings. The van der Waals surface area contributed by atoms with Gasteiger partial charge in [-0.2, -0.15) is 4.31 Å². The third kappa shape index (κ3) is 6.14. The Balaban J connectivity index is 1.51. The summed E-state index contributed by atoms with van der Waals surface area (Å²) in [5.74, 6) is -1.98. The molecule has 0 radical (unpaired) electrons. The van der Waals surface area contributed by atoms with Gasteiger partial charge in [-0.05, 0) is 56.0 Å². The molecule has 1 fully saturated rings. The Morgan fingerprint density at radius 2 is 1.66 bits per heavy atom. The van der Waals surface area contributed by atoms with Crippen LogP contribution < -0.4 is 10.6 Å². The number of nitrogens with one attached hydrogen (secondary N) is 2. The monoisotopic (exact) mass is 461 g/mol. The Kier molecular flexibility index (Phi) is 7.98. The van der Waals surface area contributed by atoms with Gasteiger partial charge in [0.1, 0.15) is 5.82 Å². The molecule has 9 heteroatoms. The summed E-state index contributed by atoms with van der Waals surface area (Å²) in [6, 6.07) is 12.1. The first kappa shape index (κ1) is 23.9. The summed E-state index contributed by atoms with van der Waals surface area (Å²) in [5, 5.41) is 5.15. The van der Waals surface area contributed by atoms with Crippen molar-refractivity contribution in [3.8, 4) is 0 Å². The van der Waals surface area contributed by atoms with E-state index in [0.717, 1.165) is 36.1 Å². The maximum Gasteiger partial charge on any atom is 0.309 e. The van der Waals surface area contributed by atoms with Crippen molar-refractivity contribution in [1.82, 2.24) is 14.9 Å². The molecule has 2 amide bonds. The smallest absolute Gasteiger partial charge is 0.309 e. The summed E-state index contributed by atoms with van der Waals surface area (Å²) >= 11 is 0. The zero-order valence-corrected chi connectivity index (χ0v) is 18.8. The largest absolute Gasteiger partial charge is 0.348 e. The number of hydrogen-bond donors (Lipinski definition) is 2. The quantitative estimate of drug-likeness (QED) is 0.620. The van der Waals surface area contributed by atoms with E-state index in [1.165, 1.54) is 16.4 Å². The molecule has 1 atom stereocenters. The molecular weight excluding hydrogens is 433 g/mol. The maximum atomic E-state index is 13.2. The van der Waals surface area contributed by atoms with E-state index in [4.69, 9.17) is 0 Å². The minimum atomic E-state index is -3.76. The van der Waals surface area contributed by atoms with E-state index in [9.17, 15) is 22.4 Å². The molecule has 1 aliphatic rings. The van der Waals surface area contributed by atoms with E-state index >= 15 is 0 Å². The highest BCUT2D eigenvalue weighted by atomic mass is 32.2. The predicted molar refractivity (Wildman–Crippen MR) is 119 cm³/mol. The van der Waals surface area contributed by atoms with Gasteiger partial charge in [-0.25, -0.2) is 12.8 Å². The number of rotatable bonds is 7. The molecule has 1 heterocycles. The number of aryl methyl sites for hydroxylation is 1. The number of piperidine rings is 1. The van der Waals surface area contributed by atoms with Gasteiger partial charge in [0.15, 0.2) is 0 Å². The van der Waals surface area contributed by atoms with Gasteiger partial charge in [0, 0.05) is 25.7 Å². The Morgan fingerprint density at radius 3 is 2.34 bits per heavy atom. The molecule has 0 saturated carbocycles. The Bertz CT molecular complexity index is 1040. The molecule has 32 heavy (non-hydrogen) atoms. The average Bonchev–Trinajstić information content (AvgIpc) is 2.79. The molecule has 0 bridgehead atoms. The number of carbonyl (C=O) groups is 2. The van der Waals surface area contributed by atoms with Crippen LogP contribution in [0, 0.1) is 12.7 Å². The van der Waals surface area contributed by atoms with Crippen molar-refractivity contribution < 1.29 is 22.4 Å². The lowest BCUT2D eigenvalue weighted by atomic mass is 10.0. The highest BCUT2D eigenvalue weighted by molar-refractivity contribution is 7.89. The topological polar surface area (TPSA) is 95.6 Å². The second-order valence-corrected chi connectivity index (χ2v) is 9.82. The van der Waals surface area contributed by atoms with Crippen LogP contribution in [0.25, 0.3) is 0 Å². The van der Waals surface area contributed by atoms with E-state index in [1.807, 2.05) is 31.2 Å². The molecule has 2 aromatic carbocycles. The molecular formula is C23H28FN3O4S. The minimum Gasteiger partial charge on any atom is -0.348 e. The van der Waals surface area contributed by atoms with Gasteiger partial charge in [0.05, 0.1) is 4.90 Å². The van der Waals surface area contributed by atoms with Crippen LogP contribution in [0.4, 0.5) is 4.39 Å². The predicted octanol–water partition coefficient (Wildman–Crippen LogP) is 2.50. The van der Waals surface area contributed by atoms with E-state index < -0.39 is 27.7 Å². The van der Waals surface area contributed by atoms with Crippen molar-refractivity contribution >= 4 is 21.8 Å². The van der Waals surface area contributed by atoms with Gasteiger partial charge < -0.3 is 10.6 Å². The van der Waals surface area contributed by atoms with Crippen LogP contribution in [-0.2, 0) is 26.2 Å². The van der Waals surface area contributed by atoms with Gasteiger partial charge in [-0.3, -0.25) is 9.59 Å². The van der Waals surface area contributed by atoms with Gasteiger partial charge >= 0.3 is 11.8 Å². The van der Waals surface area contributed by atoms with Crippen molar-refractivity contribution in [2.45, 2.75) is 50.1 Å². The van der Waals surface area contributed by atoms with Crippen LogP contribution in [0.1, 0.15) is 36.8 Å². The standard InChI is InChI=1S/C23H28FN3O4S/c1-17-5-7-18(8-6-17)16-26-23(29)22(28)25-14-13-20-4-2-3-15-27(20)32(30,31)21-11-9-19(24)10-12-21/h5-12,20H,2-4,13-16H2,1H3,(H,25,28)(H,26,29)/t20-/m0/s1. The van der Waals surface area contributed by atoms with Crippen LogP contribution in [0.5, 0.6) is 0 Å². The summed E-state index contributed by atoms with van der Waals surface area (Å²) in [5.41, 5.74) is 2.00. The molecule has 172 valence electrons. The maximum absolute atomic E-state index is 13.2. The number of nitrogens with zero attached hydrogens (tertiary/aromatic N) is 1. The zero-order valence-electron chi connectivity index (χ0n) is 18.0. The van der Waals surface area contributed by atoms with Gasteiger partial charge in [-0.1, -0.05) is 36.2 Å². The molecule has 0 aliphatic carbocycles. The van der Waals surface area contributed by atoms with Crippen molar-refractivity contribution in [2.75, 3.05) is 13.1 Å². The Labute approximate surface area is 188 Å². The summed E-state index contributed by atoms with van der Waals surface area (Å²) in [6.45, 7) is 2.76. The molecule has 3 rings (SSSR count). The normalized spacial score (nSPS) is 17.0. The molecule has 0 spiro atoms. The minimum absolute atomic E-state index is 0.0466. The Morgan fingerprint density at radius 1 is 1.00 bits per heavy atom. The van der Waals surface area contributed by atoms with Crippen LogP contribution in [0.2, 0.25) is 0 Å². The summed E-state index contributed by atoms with van der Waals surface area (Å²) < 4.78 is 40.6. The van der Waals surface area contributed by atoms with Gasteiger partial charge in [-0.15, -0.1) is 0 Å². The first-order chi connectivity index (χ1) is 15.3. The fourth-order valence-corrected chi connectivity index (χ4v) is 5.45. The van der Waals surface area contributed by atoms with Crippen molar-refractivity contribution in [3.63, 3.8) is 0 Å². The summed E-state index contributed by atoms with van der Waals surface area (Å²) in [4.78, 5) is 24.2. The number of halogens is 1. The first-order valence-electron chi connectivity index (χ1n) is 10.7. The van der Waals surface area contributed by atoms with E-state index in [-0.39, 0.29) is 24.0 Å². The first-order valence-corrected chi connectivity index (χ1v) is 12.1. The molecule has 1 aliphatic heterocycles. The summed E-state index contributed by atoms with van der Waals surface area (Å²) in [6.07, 6.45) is 2.67. The lowest BCUT2D eigenvalue weighted by molar-refractivity contribution is -0.139. The second kappa shape index (κ2) is 10.7. The number of carbonyl (C=O) groups excluding carboxylic acids is 2. The highest BCUT2D eigenvalue weighted by Crippen LogP contribution is 2.27. The fourth-order valence-electron chi connectivity index (χ4n) is 3.72. The fraction of sp³-hybridized carbons (Fsp3) is 0.391. The van der Waals surface area contributed by atoms with Crippen LogP contribution in [0.3, 0.4) is 0 Å². The zero-order chi connectivity index (χ0) is 23.1. The van der Waals surface area contributed by atoms with Crippen molar-refractivity contribution in [2.24, 2.45) is 0 Å². The molecule has 0 unspecified atom stereocenters. The molecule has 7 nitrogen and oxygen atoms in total. The number of benzene rings is 2. The van der Waals surface area contributed by atoms with Crippen molar-refractivity contribution in [3.05, 3.63) is 65.5 Å². The van der Waals surface area contributed by atoms with Crippen molar-refractivity contribution in [1.29, 1.82) is 0 Å². The molecule has 0 aromatic heterocycles. The SMILES string of the molecule is Cc1ccc(CNC(=O)C(=O)NCC[C@@H]2CCCCN2S(=O)(=O)c2ccc(F)cc2)cc1.